The molecule has 144 valence electrons. The molecule has 0 unspecified atom stereocenters. The molecule has 0 N–H and O–H groups in total. The Morgan fingerprint density at radius 1 is 1.11 bits per heavy atom. The van der Waals surface area contributed by atoms with E-state index in [1.807, 2.05) is 19.1 Å². The summed E-state index contributed by atoms with van der Waals surface area (Å²) in [6, 6.07) is 12.0. The van der Waals surface area contributed by atoms with Gasteiger partial charge in [0.1, 0.15) is 5.15 Å². The lowest BCUT2D eigenvalue weighted by molar-refractivity contribution is -0.125. The van der Waals surface area contributed by atoms with Crippen molar-refractivity contribution >= 4 is 23.6 Å². The van der Waals surface area contributed by atoms with Crippen LogP contribution in [0.5, 0.6) is 0 Å². The molecule has 0 radical (unpaired) electrons. The van der Waals surface area contributed by atoms with Crippen LogP contribution >= 0.6 is 11.6 Å². The molecule has 3 rings (SSSR count). The van der Waals surface area contributed by atoms with Gasteiger partial charge in [0.05, 0.1) is 12.2 Å². The first-order valence-electron chi connectivity index (χ1n) is 9.04. The fourth-order valence-corrected chi connectivity index (χ4v) is 3.15. The molecule has 1 aromatic carbocycles. The van der Waals surface area contributed by atoms with Crippen LogP contribution in [0, 0.1) is 13.8 Å². The second-order valence-corrected chi connectivity index (χ2v) is 7.17. The summed E-state index contributed by atoms with van der Waals surface area (Å²) in [7, 11) is 1.77. The number of benzene rings is 1. The van der Waals surface area contributed by atoms with E-state index < -0.39 is 0 Å². The van der Waals surface area contributed by atoms with Gasteiger partial charge in [-0.05, 0) is 43.2 Å². The Labute approximate surface area is 170 Å². The first kappa shape index (κ1) is 19.8. The molecule has 6 heteroatoms. The maximum Gasteiger partial charge on any atom is 0.246 e. The fourth-order valence-electron chi connectivity index (χ4n) is 2.85. The van der Waals surface area contributed by atoms with Gasteiger partial charge in [-0.3, -0.25) is 9.78 Å². The zero-order chi connectivity index (χ0) is 20.1. The van der Waals surface area contributed by atoms with Crippen molar-refractivity contribution in [3.05, 3.63) is 88.0 Å². The van der Waals surface area contributed by atoms with Crippen LogP contribution in [0.1, 0.15) is 27.9 Å². The Kier molecular flexibility index (Phi) is 6.26. The number of nitrogens with zero attached hydrogens (tertiary/aromatic N) is 4. The van der Waals surface area contributed by atoms with Gasteiger partial charge >= 0.3 is 0 Å². The summed E-state index contributed by atoms with van der Waals surface area (Å²) in [6.07, 6.45) is 6.71. The molecule has 0 spiro atoms. The van der Waals surface area contributed by atoms with Crippen molar-refractivity contribution in [2.45, 2.75) is 26.9 Å². The van der Waals surface area contributed by atoms with Crippen molar-refractivity contribution in [3.63, 3.8) is 0 Å². The summed E-state index contributed by atoms with van der Waals surface area (Å²) in [5.74, 6) is -0.0986. The number of halogens is 1. The predicted molar refractivity (Wildman–Crippen MR) is 112 cm³/mol. The summed E-state index contributed by atoms with van der Waals surface area (Å²) >= 11 is 6.52. The third-order valence-corrected chi connectivity index (χ3v) is 4.90. The van der Waals surface area contributed by atoms with Gasteiger partial charge < -0.3 is 4.90 Å². The van der Waals surface area contributed by atoms with E-state index in [2.05, 4.69) is 41.3 Å². The highest BCUT2D eigenvalue weighted by Crippen LogP contribution is 2.22. The number of amides is 1. The number of aromatic nitrogens is 3. The quantitative estimate of drug-likeness (QED) is 0.587. The van der Waals surface area contributed by atoms with Crippen LogP contribution in [0.4, 0.5) is 0 Å². The minimum absolute atomic E-state index is 0.0986. The average molecular weight is 395 g/mol. The van der Waals surface area contributed by atoms with Crippen LogP contribution in [0.25, 0.3) is 6.08 Å². The van der Waals surface area contributed by atoms with E-state index in [4.69, 9.17) is 11.6 Å². The standard InChI is InChI=1S/C22H23ClN4O/c1-16-4-6-18(7-5-16)15-27-22(23)20(17(2)25-27)8-9-21(28)26(3)14-19-10-12-24-13-11-19/h4-13H,14-15H2,1-3H3/b9-8+. The molecule has 0 saturated carbocycles. The Balaban J connectivity index is 1.70. The maximum atomic E-state index is 12.4. The predicted octanol–water partition coefficient (Wildman–Crippen LogP) is 4.27. The molecule has 0 aliphatic heterocycles. The fraction of sp³-hybridized carbons (Fsp3) is 0.227. The van der Waals surface area contributed by atoms with Gasteiger partial charge in [-0.2, -0.15) is 5.10 Å². The van der Waals surface area contributed by atoms with Gasteiger partial charge in [0, 0.05) is 37.6 Å². The summed E-state index contributed by atoms with van der Waals surface area (Å²) in [4.78, 5) is 18.1. The molecule has 3 aromatic rings. The average Bonchev–Trinajstić information content (AvgIpc) is 2.95. The number of hydrogen-bond donors (Lipinski definition) is 0. The smallest absolute Gasteiger partial charge is 0.246 e. The SMILES string of the molecule is Cc1ccc(Cn2nc(C)c(/C=C/C(=O)N(C)Cc3ccncc3)c2Cl)cc1. The van der Waals surface area contributed by atoms with Crippen LogP contribution in [-0.4, -0.2) is 32.6 Å². The largest absolute Gasteiger partial charge is 0.338 e. The molecule has 2 aromatic heterocycles. The normalized spacial score (nSPS) is 11.1. The molecule has 2 heterocycles. The van der Waals surface area contributed by atoms with Gasteiger partial charge in [0.2, 0.25) is 5.91 Å². The van der Waals surface area contributed by atoms with Gasteiger partial charge in [-0.1, -0.05) is 41.4 Å². The number of carbonyl (C=O) groups is 1. The van der Waals surface area contributed by atoms with Crippen molar-refractivity contribution in [3.8, 4) is 0 Å². The minimum atomic E-state index is -0.0986. The van der Waals surface area contributed by atoms with E-state index in [-0.39, 0.29) is 5.91 Å². The second-order valence-electron chi connectivity index (χ2n) is 6.82. The van der Waals surface area contributed by atoms with Crippen molar-refractivity contribution in [2.75, 3.05) is 7.05 Å². The highest BCUT2D eigenvalue weighted by atomic mass is 35.5. The summed E-state index contributed by atoms with van der Waals surface area (Å²) in [5.41, 5.74) is 4.92. The zero-order valence-corrected chi connectivity index (χ0v) is 17.0. The molecular weight excluding hydrogens is 372 g/mol. The molecule has 0 aliphatic rings. The lowest BCUT2D eigenvalue weighted by Crippen LogP contribution is -2.24. The number of hydrogen-bond acceptors (Lipinski definition) is 3. The molecule has 5 nitrogen and oxygen atoms in total. The molecule has 0 aliphatic carbocycles. The number of pyridine rings is 1. The van der Waals surface area contributed by atoms with Crippen molar-refractivity contribution in [2.24, 2.45) is 0 Å². The third kappa shape index (κ3) is 4.87. The van der Waals surface area contributed by atoms with Gasteiger partial charge in [0.15, 0.2) is 0 Å². The number of likely N-dealkylation sites (N-methyl/N-ethyl adjacent to an activating group) is 1. The Bertz CT molecular complexity index is 978. The van der Waals surface area contributed by atoms with Crippen molar-refractivity contribution < 1.29 is 4.79 Å². The first-order valence-corrected chi connectivity index (χ1v) is 9.42. The van der Waals surface area contributed by atoms with E-state index in [0.29, 0.717) is 18.2 Å². The summed E-state index contributed by atoms with van der Waals surface area (Å²) in [5, 5.41) is 5.05. The Morgan fingerprint density at radius 2 is 1.79 bits per heavy atom. The van der Waals surface area contributed by atoms with E-state index in [1.165, 1.54) is 11.6 Å². The Morgan fingerprint density at radius 3 is 2.46 bits per heavy atom. The molecule has 28 heavy (non-hydrogen) atoms. The van der Waals surface area contributed by atoms with Crippen LogP contribution in [0.15, 0.2) is 54.9 Å². The van der Waals surface area contributed by atoms with E-state index in [0.717, 1.165) is 22.4 Å². The molecular formula is C22H23ClN4O. The highest BCUT2D eigenvalue weighted by Gasteiger charge is 2.13. The molecule has 0 atom stereocenters. The topological polar surface area (TPSA) is 51.0 Å². The van der Waals surface area contributed by atoms with Crippen LogP contribution in [0.2, 0.25) is 5.15 Å². The lowest BCUT2D eigenvalue weighted by atomic mass is 10.1. The highest BCUT2D eigenvalue weighted by molar-refractivity contribution is 6.31. The van der Waals surface area contributed by atoms with Crippen LogP contribution < -0.4 is 0 Å². The number of rotatable bonds is 6. The molecule has 0 bridgehead atoms. The van der Waals surface area contributed by atoms with E-state index in [1.54, 1.807) is 35.1 Å². The zero-order valence-electron chi connectivity index (χ0n) is 16.3. The molecule has 0 saturated heterocycles. The van der Waals surface area contributed by atoms with E-state index in [9.17, 15) is 4.79 Å². The summed E-state index contributed by atoms with van der Waals surface area (Å²) < 4.78 is 1.76. The third-order valence-electron chi connectivity index (χ3n) is 4.50. The molecule has 1 amide bonds. The number of carbonyl (C=O) groups excluding carboxylic acids is 1. The van der Waals surface area contributed by atoms with Crippen LogP contribution in [-0.2, 0) is 17.9 Å². The maximum absolute atomic E-state index is 12.4. The van der Waals surface area contributed by atoms with Crippen molar-refractivity contribution in [1.29, 1.82) is 0 Å². The van der Waals surface area contributed by atoms with Crippen molar-refractivity contribution in [1.82, 2.24) is 19.7 Å². The monoisotopic (exact) mass is 394 g/mol. The van der Waals surface area contributed by atoms with Gasteiger partial charge in [0.25, 0.3) is 0 Å². The van der Waals surface area contributed by atoms with Gasteiger partial charge in [-0.25, -0.2) is 4.68 Å². The van der Waals surface area contributed by atoms with Gasteiger partial charge in [-0.15, -0.1) is 0 Å². The van der Waals surface area contributed by atoms with E-state index >= 15 is 0 Å². The molecule has 0 fully saturated rings. The second kappa shape index (κ2) is 8.85. The minimum Gasteiger partial charge on any atom is -0.338 e. The van der Waals surface area contributed by atoms with Crippen LogP contribution in [0.3, 0.4) is 0 Å². The lowest BCUT2D eigenvalue weighted by Gasteiger charge is -2.14. The summed E-state index contributed by atoms with van der Waals surface area (Å²) in [6.45, 7) is 5.05. The number of aryl methyl sites for hydroxylation is 2. The first-order chi connectivity index (χ1) is 13.4. The Hall–Kier alpha value is -2.92.